The van der Waals surface area contributed by atoms with Crippen LogP contribution in [0.3, 0.4) is 0 Å². The molecule has 3 nitrogen and oxygen atoms in total. The highest BCUT2D eigenvalue weighted by atomic mass is 16.5. The fraction of sp³-hybridized carbons (Fsp3) is 0.400. The third-order valence-corrected chi connectivity index (χ3v) is 4.33. The Labute approximate surface area is 139 Å². The summed E-state index contributed by atoms with van der Waals surface area (Å²) in [5, 5.41) is 7.03. The maximum atomic E-state index is 5.82. The molecule has 0 aliphatic carbocycles. The predicted molar refractivity (Wildman–Crippen MR) is 94.5 cm³/mol. The number of hydrogen-bond donors (Lipinski definition) is 2. The monoisotopic (exact) mass is 310 g/mol. The summed E-state index contributed by atoms with van der Waals surface area (Å²) in [7, 11) is 0. The van der Waals surface area contributed by atoms with Crippen molar-refractivity contribution in [3.05, 3.63) is 65.7 Å². The average Bonchev–Trinajstić information content (AvgIpc) is 2.63. The molecule has 1 saturated heterocycles. The summed E-state index contributed by atoms with van der Waals surface area (Å²) in [6, 6.07) is 18.7. The molecule has 3 rings (SSSR count). The molecule has 0 amide bonds. The first kappa shape index (κ1) is 16.0. The van der Waals surface area contributed by atoms with E-state index in [1.165, 1.54) is 30.5 Å². The van der Waals surface area contributed by atoms with Gasteiger partial charge in [-0.3, -0.25) is 0 Å². The van der Waals surface area contributed by atoms with Crippen molar-refractivity contribution < 1.29 is 4.74 Å². The van der Waals surface area contributed by atoms with Crippen LogP contribution in [0.2, 0.25) is 0 Å². The molecule has 1 aliphatic heterocycles. The summed E-state index contributed by atoms with van der Waals surface area (Å²) in [6.07, 6.45) is 2.64. The highest BCUT2D eigenvalue weighted by molar-refractivity contribution is 5.27. The minimum Gasteiger partial charge on any atom is -0.489 e. The molecule has 0 bridgehead atoms. The van der Waals surface area contributed by atoms with Crippen molar-refractivity contribution in [1.82, 2.24) is 10.6 Å². The highest BCUT2D eigenvalue weighted by Gasteiger charge is 2.11. The Morgan fingerprint density at radius 3 is 2.57 bits per heavy atom. The van der Waals surface area contributed by atoms with Crippen LogP contribution in [0.1, 0.15) is 24.0 Å². The van der Waals surface area contributed by atoms with Gasteiger partial charge in [-0.2, -0.15) is 0 Å². The fourth-order valence-electron chi connectivity index (χ4n) is 2.96. The van der Waals surface area contributed by atoms with Gasteiger partial charge in [-0.05, 0) is 61.7 Å². The molecule has 1 atom stereocenters. The van der Waals surface area contributed by atoms with Gasteiger partial charge in [0, 0.05) is 6.54 Å². The summed E-state index contributed by atoms with van der Waals surface area (Å²) in [5.74, 6) is 1.70. The zero-order chi connectivity index (χ0) is 15.7. The van der Waals surface area contributed by atoms with Gasteiger partial charge < -0.3 is 15.4 Å². The Hall–Kier alpha value is -1.84. The quantitative estimate of drug-likeness (QED) is 0.823. The second kappa shape index (κ2) is 8.70. The van der Waals surface area contributed by atoms with Crippen molar-refractivity contribution in [2.75, 3.05) is 19.6 Å². The standard InChI is InChI=1S/C20H26N2O/c1-2-5-18(6-3-1)16-23-20-10-8-17(9-11-20)13-22-15-19-7-4-12-21-14-19/h1-3,5-6,8-11,19,21-22H,4,7,12-16H2. The van der Waals surface area contributed by atoms with Gasteiger partial charge >= 0.3 is 0 Å². The number of nitrogens with one attached hydrogen (secondary N) is 2. The normalized spacial score (nSPS) is 17.8. The van der Waals surface area contributed by atoms with Gasteiger partial charge in [0.15, 0.2) is 0 Å². The van der Waals surface area contributed by atoms with Crippen LogP contribution >= 0.6 is 0 Å². The maximum Gasteiger partial charge on any atom is 0.119 e. The van der Waals surface area contributed by atoms with Gasteiger partial charge in [0.05, 0.1) is 0 Å². The molecule has 1 unspecified atom stereocenters. The molecule has 0 saturated carbocycles. The van der Waals surface area contributed by atoms with Crippen molar-refractivity contribution in [1.29, 1.82) is 0 Å². The van der Waals surface area contributed by atoms with Crippen molar-refractivity contribution in [2.45, 2.75) is 26.0 Å². The predicted octanol–water partition coefficient (Wildman–Crippen LogP) is 3.35. The number of hydrogen-bond acceptors (Lipinski definition) is 3. The summed E-state index contributed by atoms with van der Waals surface area (Å²) < 4.78 is 5.82. The largest absolute Gasteiger partial charge is 0.489 e. The minimum absolute atomic E-state index is 0.618. The van der Waals surface area contributed by atoms with Crippen molar-refractivity contribution in [2.24, 2.45) is 5.92 Å². The smallest absolute Gasteiger partial charge is 0.119 e. The lowest BCUT2D eigenvalue weighted by atomic mass is 10.00. The van der Waals surface area contributed by atoms with E-state index in [9.17, 15) is 0 Å². The molecule has 0 radical (unpaired) electrons. The SMILES string of the molecule is c1ccc(COc2ccc(CNCC3CCCNC3)cc2)cc1. The van der Waals surface area contributed by atoms with E-state index >= 15 is 0 Å². The third kappa shape index (κ3) is 5.38. The molecular weight excluding hydrogens is 284 g/mol. The maximum absolute atomic E-state index is 5.82. The Balaban J connectivity index is 1.40. The van der Waals surface area contributed by atoms with Crippen LogP contribution in [0.15, 0.2) is 54.6 Å². The van der Waals surface area contributed by atoms with E-state index in [1.807, 2.05) is 18.2 Å². The van der Waals surface area contributed by atoms with Crippen LogP contribution in [-0.2, 0) is 13.2 Å². The third-order valence-electron chi connectivity index (χ3n) is 4.33. The lowest BCUT2D eigenvalue weighted by Gasteiger charge is -2.23. The molecular formula is C20H26N2O. The average molecular weight is 310 g/mol. The van der Waals surface area contributed by atoms with E-state index in [0.717, 1.165) is 31.3 Å². The summed E-state index contributed by atoms with van der Waals surface area (Å²) in [5.41, 5.74) is 2.50. The molecule has 1 aliphatic rings. The van der Waals surface area contributed by atoms with E-state index in [-0.39, 0.29) is 0 Å². The van der Waals surface area contributed by atoms with Crippen molar-refractivity contribution in [3.63, 3.8) is 0 Å². The van der Waals surface area contributed by atoms with Crippen LogP contribution in [0, 0.1) is 5.92 Å². The zero-order valence-electron chi connectivity index (χ0n) is 13.6. The summed E-state index contributed by atoms with van der Waals surface area (Å²) in [6.45, 7) is 4.97. The number of rotatable bonds is 7. The first-order valence-electron chi connectivity index (χ1n) is 8.57. The lowest BCUT2D eigenvalue weighted by Crippen LogP contribution is -2.35. The Kier molecular flexibility index (Phi) is 6.07. The van der Waals surface area contributed by atoms with Gasteiger partial charge in [0.2, 0.25) is 0 Å². The molecule has 2 N–H and O–H groups in total. The van der Waals surface area contributed by atoms with E-state index in [2.05, 4.69) is 47.0 Å². The van der Waals surface area contributed by atoms with E-state index in [0.29, 0.717) is 6.61 Å². The molecule has 3 heteroatoms. The van der Waals surface area contributed by atoms with Crippen LogP contribution in [0.25, 0.3) is 0 Å². The van der Waals surface area contributed by atoms with Crippen molar-refractivity contribution in [3.8, 4) is 5.75 Å². The van der Waals surface area contributed by atoms with Crippen LogP contribution in [0.5, 0.6) is 5.75 Å². The van der Waals surface area contributed by atoms with Gasteiger partial charge in [-0.25, -0.2) is 0 Å². The van der Waals surface area contributed by atoms with Crippen LogP contribution in [-0.4, -0.2) is 19.6 Å². The summed E-state index contributed by atoms with van der Waals surface area (Å²) >= 11 is 0. The first-order valence-corrected chi connectivity index (χ1v) is 8.57. The second-order valence-electron chi connectivity index (χ2n) is 6.26. The molecule has 122 valence electrons. The van der Waals surface area contributed by atoms with Crippen LogP contribution in [0.4, 0.5) is 0 Å². The second-order valence-corrected chi connectivity index (χ2v) is 6.26. The van der Waals surface area contributed by atoms with Gasteiger partial charge in [-0.15, -0.1) is 0 Å². The summed E-state index contributed by atoms with van der Waals surface area (Å²) in [4.78, 5) is 0. The number of benzene rings is 2. The zero-order valence-corrected chi connectivity index (χ0v) is 13.6. The topological polar surface area (TPSA) is 33.3 Å². The molecule has 1 heterocycles. The highest BCUT2D eigenvalue weighted by Crippen LogP contribution is 2.14. The van der Waals surface area contributed by atoms with E-state index < -0.39 is 0 Å². The number of ether oxygens (including phenoxy) is 1. The van der Waals surface area contributed by atoms with Crippen molar-refractivity contribution >= 4 is 0 Å². The van der Waals surface area contributed by atoms with Gasteiger partial charge in [-0.1, -0.05) is 42.5 Å². The number of piperidine rings is 1. The molecule has 2 aromatic carbocycles. The first-order chi connectivity index (χ1) is 11.4. The van der Waals surface area contributed by atoms with E-state index in [4.69, 9.17) is 4.74 Å². The Morgan fingerprint density at radius 1 is 1.00 bits per heavy atom. The molecule has 23 heavy (non-hydrogen) atoms. The Bertz CT molecular complexity index is 562. The molecule has 1 fully saturated rings. The van der Waals surface area contributed by atoms with Crippen LogP contribution < -0.4 is 15.4 Å². The van der Waals surface area contributed by atoms with Gasteiger partial charge in [0.25, 0.3) is 0 Å². The molecule has 0 aromatic heterocycles. The Morgan fingerprint density at radius 2 is 1.83 bits per heavy atom. The fourth-order valence-corrected chi connectivity index (χ4v) is 2.96. The molecule has 2 aromatic rings. The minimum atomic E-state index is 0.618. The van der Waals surface area contributed by atoms with E-state index in [1.54, 1.807) is 0 Å². The van der Waals surface area contributed by atoms with Gasteiger partial charge in [0.1, 0.15) is 12.4 Å². The molecule has 0 spiro atoms. The lowest BCUT2D eigenvalue weighted by molar-refractivity contribution is 0.306.